The summed E-state index contributed by atoms with van der Waals surface area (Å²) < 4.78 is 15.6. The quantitative estimate of drug-likeness (QED) is 0.670. The van der Waals surface area contributed by atoms with Gasteiger partial charge < -0.3 is 19.5 Å². The number of rotatable bonds is 9. The van der Waals surface area contributed by atoms with Gasteiger partial charge in [0.25, 0.3) is 0 Å². The molecular formula is C13H21NO3. The zero-order valence-corrected chi connectivity index (χ0v) is 10.6. The van der Waals surface area contributed by atoms with Crippen LogP contribution in [0.25, 0.3) is 0 Å². The van der Waals surface area contributed by atoms with Crippen molar-refractivity contribution < 1.29 is 14.2 Å². The molecule has 0 bridgehead atoms. The minimum atomic E-state index is 0.640. The van der Waals surface area contributed by atoms with Crippen molar-refractivity contribution in [3.05, 3.63) is 24.3 Å². The van der Waals surface area contributed by atoms with Crippen LogP contribution in [0.4, 0.5) is 5.69 Å². The van der Waals surface area contributed by atoms with E-state index < -0.39 is 0 Å². The first-order valence-electron chi connectivity index (χ1n) is 5.90. The minimum Gasteiger partial charge on any atom is -0.494 e. The zero-order chi connectivity index (χ0) is 12.3. The van der Waals surface area contributed by atoms with E-state index in [1.165, 1.54) is 0 Å². The molecule has 1 aromatic rings. The molecule has 0 fully saturated rings. The van der Waals surface area contributed by atoms with Crippen LogP contribution in [-0.2, 0) is 9.47 Å². The van der Waals surface area contributed by atoms with E-state index in [0.717, 1.165) is 18.0 Å². The molecule has 96 valence electrons. The Morgan fingerprint density at radius 3 is 2.47 bits per heavy atom. The summed E-state index contributed by atoms with van der Waals surface area (Å²) in [5, 5.41) is 3.27. The van der Waals surface area contributed by atoms with Gasteiger partial charge in [-0.2, -0.15) is 0 Å². The summed E-state index contributed by atoms with van der Waals surface area (Å²) in [5.74, 6) is 0.898. The van der Waals surface area contributed by atoms with Gasteiger partial charge in [-0.1, -0.05) is 0 Å². The summed E-state index contributed by atoms with van der Waals surface area (Å²) in [7, 11) is 1.67. The van der Waals surface area contributed by atoms with Crippen molar-refractivity contribution in [3.63, 3.8) is 0 Å². The highest BCUT2D eigenvalue weighted by Crippen LogP contribution is 2.15. The Morgan fingerprint density at radius 2 is 1.82 bits per heavy atom. The number of ether oxygens (including phenoxy) is 3. The fourth-order valence-electron chi connectivity index (χ4n) is 1.35. The van der Waals surface area contributed by atoms with Crippen LogP contribution in [0.2, 0.25) is 0 Å². The van der Waals surface area contributed by atoms with Crippen LogP contribution in [-0.4, -0.2) is 40.1 Å². The molecule has 0 aliphatic carbocycles. The van der Waals surface area contributed by atoms with E-state index in [1.54, 1.807) is 7.11 Å². The van der Waals surface area contributed by atoms with Gasteiger partial charge in [-0.25, -0.2) is 0 Å². The van der Waals surface area contributed by atoms with Crippen LogP contribution in [0, 0.1) is 0 Å². The monoisotopic (exact) mass is 239 g/mol. The first-order valence-corrected chi connectivity index (χ1v) is 5.90. The smallest absolute Gasteiger partial charge is 0.119 e. The predicted octanol–water partition coefficient (Wildman–Crippen LogP) is 2.16. The van der Waals surface area contributed by atoms with Crippen LogP contribution >= 0.6 is 0 Å². The van der Waals surface area contributed by atoms with Crippen LogP contribution in [0.3, 0.4) is 0 Å². The summed E-state index contributed by atoms with van der Waals surface area (Å²) in [5.41, 5.74) is 1.07. The first kappa shape index (κ1) is 13.8. The molecule has 0 aromatic heterocycles. The van der Waals surface area contributed by atoms with E-state index in [4.69, 9.17) is 14.2 Å². The standard InChI is InChI=1S/C13H21NO3/c1-3-17-13-6-4-12(5-7-13)14-8-9-16-11-10-15-2/h4-7,14H,3,8-11H2,1-2H3. The maximum atomic E-state index is 5.36. The van der Waals surface area contributed by atoms with Crippen LogP contribution in [0.1, 0.15) is 6.92 Å². The molecule has 0 heterocycles. The van der Waals surface area contributed by atoms with Gasteiger partial charge in [0.1, 0.15) is 5.75 Å². The molecule has 0 aliphatic heterocycles. The second-order valence-electron chi connectivity index (χ2n) is 3.49. The molecule has 4 nitrogen and oxygen atoms in total. The van der Waals surface area contributed by atoms with E-state index >= 15 is 0 Å². The average molecular weight is 239 g/mol. The van der Waals surface area contributed by atoms with Crippen LogP contribution < -0.4 is 10.1 Å². The average Bonchev–Trinajstić information content (AvgIpc) is 2.36. The Bertz CT molecular complexity index is 287. The Hall–Kier alpha value is -1.26. The summed E-state index contributed by atoms with van der Waals surface area (Å²) in [4.78, 5) is 0. The number of hydrogen-bond donors (Lipinski definition) is 1. The van der Waals surface area contributed by atoms with Gasteiger partial charge in [0, 0.05) is 19.3 Å². The lowest BCUT2D eigenvalue weighted by Gasteiger charge is -2.08. The van der Waals surface area contributed by atoms with Gasteiger partial charge >= 0.3 is 0 Å². The topological polar surface area (TPSA) is 39.7 Å². The predicted molar refractivity (Wildman–Crippen MR) is 68.8 cm³/mol. The van der Waals surface area contributed by atoms with Crippen molar-refractivity contribution in [2.24, 2.45) is 0 Å². The van der Waals surface area contributed by atoms with Crippen LogP contribution in [0.15, 0.2) is 24.3 Å². The van der Waals surface area contributed by atoms with E-state index in [0.29, 0.717) is 26.4 Å². The maximum Gasteiger partial charge on any atom is 0.119 e. The number of nitrogens with one attached hydrogen (secondary N) is 1. The van der Waals surface area contributed by atoms with Gasteiger partial charge in [-0.05, 0) is 31.2 Å². The lowest BCUT2D eigenvalue weighted by Crippen LogP contribution is -2.11. The molecule has 1 N–H and O–H groups in total. The molecule has 0 amide bonds. The van der Waals surface area contributed by atoms with Crippen molar-refractivity contribution in [2.45, 2.75) is 6.92 Å². The number of anilines is 1. The second kappa shape index (κ2) is 8.84. The third-order valence-electron chi connectivity index (χ3n) is 2.17. The van der Waals surface area contributed by atoms with Crippen molar-refractivity contribution >= 4 is 5.69 Å². The first-order chi connectivity index (χ1) is 8.36. The second-order valence-corrected chi connectivity index (χ2v) is 3.49. The highest BCUT2D eigenvalue weighted by Gasteiger charge is 1.94. The highest BCUT2D eigenvalue weighted by atomic mass is 16.5. The largest absolute Gasteiger partial charge is 0.494 e. The minimum absolute atomic E-state index is 0.640. The Morgan fingerprint density at radius 1 is 1.06 bits per heavy atom. The molecule has 1 rings (SSSR count). The summed E-state index contributed by atoms with van der Waals surface area (Å²) in [6.45, 7) is 5.42. The van der Waals surface area contributed by atoms with E-state index in [9.17, 15) is 0 Å². The number of benzene rings is 1. The lowest BCUT2D eigenvalue weighted by atomic mass is 10.3. The van der Waals surface area contributed by atoms with E-state index in [2.05, 4.69) is 5.32 Å². The molecule has 4 heteroatoms. The Labute approximate surface area is 103 Å². The normalized spacial score (nSPS) is 10.2. The molecule has 0 aliphatic rings. The number of hydrogen-bond acceptors (Lipinski definition) is 4. The molecule has 0 radical (unpaired) electrons. The highest BCUT2D eigenvalue weighted by molar-refractivity contribution is 5.46. The fourth-order valence-corrected chi connectivity index (χ4v) is 1.35. The number of methoxy groups -OCH3 is 1. The maximum absolute atomic E-state index is 5.36. The molecule has 0 unspecified atom stereocenters. The molecule has 0 spiro atoms. The molecular weight excluding hydrogens is 218 g/mol. The third-order valence-corrected chi connectivity index (χ3v) is 2.17. The van der Waals surface area contributed by atoms with Gasteiger partial charge in [0.2, 0.25) is 0 Å². The van der Waals surface area contributed by atoms with Crippen LogP contribution in [0.5, 0.6) is 5.75 Å². The summed E-state index contributed by atoms with van der Waals surface area (Å²) in [6.07, 6.45) is 0. The van der Waals surface area contributed by atoms with Gasteiger partial charge in [0.15, 0.2) is 0 Å². The van der Waals surface area contributed by atoms with E-state index in [1.807, 2.05) is 31.2 Å². The van der Waals surface area contributed by atoms with Crippen molar-refractivity contribution in [2.75, 3.05) is 45.4 Å². The molecule has 0 saturated carbocycles. The summed E-state index contributed by atoms with van der Waals surface area (Å²) >= 11 is 0. The summed E-state index contributed by atoms with van der Waals surface area (Å²) in [6, 6.07) is 7.91. The Kier molecular flexibility index (Phi) is 7.18. The molecule has 1 aromatic carbocycles. The molecule has 0 saturated heterocycles. The molecule has 17 heavy (non-hydrogen) atoms. The van der Waals surface area contributed by atoms with Crippen molar-refractivity contribution in [1.29, 1.82) is 0 Å². The van der Waals surface area contributed by atoms with Gasteiger partial charge in [0.05, 0.1) is 26.4 Å². The van der Waals surface area contributed by atoms with Crippen molar-refractivity contribution in [1.82, 2.24) is 0 Å². The third kappa shape index (κ3) is 6.14. The molecule has 0 atom stereocenters. The van der Waals surface area contributed by atoms with Gasteiger partial charge in [-0.3, -0.25) is 0 Å². The van der Waals surface area contributed by atoms with Gasteiger partial charge in [-0.15, -0.1) is 0 Å². The lowest BCUT2D eigenvalue weighted by molar-refractivity contribution is 0.0759. The van der Waals surface area contributed by atoms with E-state index in [-0.39, 0.29) is 0 Å². The van der Waals surface area contributed by atoms with Crippen molar-refractivity contribution in [3.8, 4) is 5.75 Å². The fraction of sp³-hybridized carbons (Fsp3) is 0.538. The zero-order valence-electron chi connectivity index (χ0n) is 10.6. The SMILES string of the molecule is CCOc1ccc(NCCOCCOC)cc1. The Balaban J connectivity index is 2.14.